The van der Waals surface area contributed by atoms with Crippen LogP contribution in [0.15, 0.2) is 15.7 Å². The van der Waals surface area contributed by atoms with Crippen molar-refractivity contribution in [1.29, 1.82) is 0 Å². The second kappa shape index (κ2) is 6.29. The number of aromatic nitrogens is 4. The molecule has 0 aromatic carbocycles. The topological polar surface area (TPSA) is 63.6 Å². The summed E-state index contributed by atoms with van der Waals surface area (Å²) < 4.78 is 5.11. The fourth-order valence-corrected chi connectivity index (χ4v) is 3.50. The Hall–Kier alpha value is -1.21. The normalized spacial score (nSPS) is 11.0. The van der Waals surface area contributed by atoms with Crippen molar-refractivity contribution in [3.8, 4) is 0 Å². The summed E-state index contributed by atoms with van der Waals surface area (Å²) in [6.07, 6.45) is 1.60. The molecule has 7 heteroatoms. The Balaban J connectivity index is 2.35. The average Bonchev–Trinajstić information content (AvgIpc) is 2.75. The van der Waals surface area contributed by atoms with E-state index in [-0.39, 0.29) is 0 Å². The quantitative estimate of drug-likeness (QED) is 0.854. The summed E-state index contributed by atoms with van der Waals surface area (Å²) in [5.41, 5.74) is 1.14. The molecule has 2 rings (SSSR count). The van der Waals surface area contributed by atoms with Gasteiger partial charge in [0.25, 0.3) is 0 Å². The molecule has 0 aliphatic rings. The number of nitrogens with one attached hydrogen (secondary N) is 1. The van der Waals surface area contributed by atoms with E-state index in [9.17, 15) is 0 Å². The lowest BCUT2D eigenvalue weighted by molar-refractivity contribution is 0.803. The minimum absolute atomic E-state index is 0.353. The molecule has 0 atom stereocenters. The van der Waals surface area contributed by atoms with Crippen molar-refractivity contribution in [2.75, 3.05) is 11.9 Å². The molecule has 2 aromatic heterocycles. The number of aryl methyl sites for hydroxylation is 1. The van der Waals surface area contributed by atoms with Gasteiger partial charge >= 0.3 is 0 Å². The Morgan fingerprint density at radius 2 is 2.16 bits per heavy atom. The molecule has 19 heavy (non-hydrogen) atoms. The van der Waals surface area contributed by atoms with Gasteiger partial charge in [-0.1, -0.05) is 13.8 Å². The molecule has 2 aromatic rings. The first-order valence-electron chi connectivity index (χ1n) is 6.18. The molecule has 0 fully saturated rings. The number of hydrogen-bond acceptors (Lipinski definition) is 7. The highest BCUT2D eigenvalue weighted by Crippen LogP contribution is 2.35. The molecule has 0 spiro atoms. The van der Waals surface area contributed by atoms with Gasteiger partial charge in [-0.2, -0.15) is 4.37 Å². The van der Waals surface area contributed by atoms with E-state index in [1.54, 1.807) is 18.1 Å². The highest BCUT2D eigenvalue weighted by atomic mass is 32.2. The van der Waals surface area contributed by atoms with Crippen molar-refractivity contribution in [1.82, 2.24) is 19.3 Å². The third kappa shape index (κ3) is 3.42. The van der Waals surface area contributed by atoms with Gasteiger partial charge in [-0.3, -0.25) is 0 Å². The molecule has 1 N–H and O–H groups in total. The van der Waals surface area contributed by atoms with E-state index in [1.807, 2.05) is 6.92 Å². The lowest BCUT2D eigenvalue weighted by atomic mass is 10.1. The highest BCUT2D eigenvalue weighted by Gasteiger charge is 2.16. The molecule has 2 heterocycles. The van der Waals surface area contributed by atoms with Gasteiger partial charge in [0.15, 0.2) is 4.34 Å². The van der Waals surface area contributed by atoms with Crippen molar-refractivity contribution in [2.45, 2.75) is 43.0 Å². The van der Waals surface area contributed by atoms with Gasteiger partial charge in [-0.15, -0.1) is 0 Å². The summed E-state index contributed by atoms with van der Waals surface area (Å²) >= 11 is 2.96. The first kappa shape index (κ1) is 14.2. The van der Waals surface area contributed by atoms with E-state index < -0.39 is 0 Å². The summed E-state index contributed by atoms with van der Waals surface area (Å²) in [5.74, 6) is 2.07. The van der Waals surface area contributed by atoms with Gasteiger partial charge in [0.05, 0.1) is 0 Å². The summed E-state index contributed by atoms with van der Waals surface area (Å²) in [5, 5.41) is 4.25. The first-order chi connectivity index (χ1) is 9.11. The Bertz CT molecular complexity index is 553. The standard InChI is InChI=1S/C12H17N5S2/c1-5-13-10-9(7(2)3)11(15-6-14-10)18-12-16-8(4)17-19-12/h6-7H,5H2,1-4H3,(H,13,14,15). The molecule has 5 nitrogen and oxygen atoms in total. The number of nitrogens with zero attached hydrogens (tertiary/aromatic N) is 4. The van der Waals surface area contributed by atoms with E-state index in [2.05, 4.69) is 45.4 Å². The zero-order valence-electron chi connectivity index (χ0n) is 11.5. The van der Waals surface area contributed by atoms with Crippen LogP contribution in [0.3, 0.4) is 0 Å². The Morgan fingerprint density at radius 1 is 1.37 bits per heavy atom. The summed E-state index contributed by atoms with van der Waals surface area (Å²) in [4.78, 5) is 13.1. The molecular weight excluding hydrogens is 278 g/mol. The maximum Gasteiger partial charge on any atom is 0.176 e. The molecule has 0 unspecified atom stereocenters. The number of anilines is 1. The van der Waals surface area contributed by atoms with Crippen LogP contribution in [-0.4, -0.2) is 25.9 Å². The lowest BCUT2D eigenvalue weighted by Gasteiger charge is -2.15. The Kier molecular flexibility index (Phi) is 4.71. The van der Waals surface area contributed by atoms with Crippen LogP contribution in [-0.2, 0) is 0 Å². The van der Waals surface area contributed by atoms with Crippen LogP contribution in [0.5, 0.6) is 0 Å². The third-order valence-electron chi connectivity index (χ3n) is 2.46. The molecular formula is C12H17N5S2. The fourth-order valence-electron chi connectivity index (χ4n) is 1.69. The fraction of sp³-hybridized carbons (Fsp3) is 0.500. The van der Waals surface area contributed by atoms with Crippen molar-refractivity contribution in [3.05, 3.63) is 17.7 Å². The van der Waals surface area contributed by atoms with Crippen LogP contribution >= 0.6 is 23.3 Å². The monoisotopic (exact) mass is 295 g/mol. The number of hydrogen-bond donors (Lipinski definition) is 1. The minimum atomic E-state index is 0.353. The van der Waals surface area contributed by atoms with Crippen molar-refractivity contribution in [2.24, 2.45) is 0 Å². The van der Waals surface area contributed by atoms with Crippen LogP contribution in [0.25, 0.3) is 0 Å². The predicted molar refractivity (Wildman–Crippen MR) is 79.1 cm³/mol. The molecule has 0 radical (unpaired) electrons. The Labute approximate surface area is 121 Å². The second-order valence-corrected chi connectivity index (χ2v) is 6.32. The van der Waals surface area contributed by atoms with Crippen molar-refractivity contribution in [3.63, 3.8) is 0 Å². The number of rotatable bonds is 5. The van der Waals surface area contributed by atoms with Gasteiger partial charge in [0.1, 0.15) is 23.0 Å². The van der Waals surface area contributed by atoms with Gasteiger partial charge in [-0.05, 0) is 43.1 Å². The minimum Gasteiger partial charge on any atom is -0.370 e. The smallest absolute Gasteiger partial charge is 0.176 e. The Morgan fingerprint density at radius 3 is 2.74 bits per heavy atom. The van der Waals surface area contributed by atoms with Gasteiger partial charge in [0.2, 0.25) is 0 Å². The van der Waals surface area contributed by atoms with E-state index in [0.29, 0.717) is 5.92 Å². The summed E-state index contributed by atoms with van der Waals surface area (Å²) in [6, 6.07) is 0. The van der Waals surface area contributed by atoms with Crippen molar-refractivity contribution >= 4 is 29.1 Å². The van der Waals surface area contributed by atoms with Gasteiger partial charge in [0, 0.05) is 12.1 Å². The average molecular weight is 295 g/mol. The highest BCUT2D eigenvalue weighted by molar-refractivity contribution is 8.00. The molecule has 0 saturated heterocycles. The molecule has 0 bridgehead atoms. The van der Waals surface area contributed by atoms with E-state index in [0.717, 1.165) is 33.1 Å². The molecule has 0 saturated carbocycles. The van der Waals surface area contributed by atoms with Crippen LogP contribution in [0.2, 0.25) is 0 Å². The van der Waals surface area contributed by atoms with Gasteiger partial charge < -0.3 is 5.32 Å². The molecule has 0 aliphatic carbocycles. The summed E-state index contributed by atoms with van der Waals surface area (Å²) in [6.45, 7) is 9.10. The molecule has 0 amide bonds. The van der Waals surface area contributed by atoms with E-state index in [1.165, 1.54) is 11.5 Å². The van der Waals surface area contributed by atoms with E-state index >= 15 is 0 Å². The van der Waals surface area contributed by atoms with Crippen molar-refractivity contribution < 1.29 is 0 Å². The lowest BCUT2D eigenvalue weighted by Crippen LogP contribution is -2.07. The maximum atomic E-state index is 4.40. The van der Waals surface area contributed by atoms with E-state index in [4.69, 9.17) is 0 Å². The second-order valence-electron chi connectivity index (χ2n) is 4.34. The molecule has 0 aliphatic heterocycles. The van der Waals surface area contributed by atoms with Crippen LogP contribution < -0.4 is 5.32 Å². The largest absolute Gasteiger partial charge is 0.370 e. The zero-order chi connectivity index (χ0) is 13.8. The van der Waals surface area contributed by atoms with Crippen LogP contribution in [0.1, 0.15) is 38.1 Å². The van der Waals surface area contributed by atoms with Crippen LogP contribution in [0, 0.1) is 6.92 Å². The summed E-state index contributed by atoms with van der Waals surface area (Å²) in [7, 11) is 0. The predicted octanol–water partition coefficient (Wildman–Crippen LogP) is 3.34. The third-order valence-corrected chi connectivity index (χ3v) is 4.32. The zero-order valence-corrected chi connectivity index (χ0v) is 13.1. The maximum absolute atomic E-state index is 4.40. The van der Waals surface area contributed by atoms with Crippen LogP contribution in [0.4, 0.5) is 5.82 Å². The SMILES string of the molecule is CCNc1ncnc(Sc2nc(C)ns2)c1C(C)C. The van der Waals surface area contributed by atoms with Gasteiger partial charge in [-0.25, -0.2) is 15.0 Å². The molecule has 102 valence electrons. The first-order valence-corrected chi connectivity index (χ1v) is 7.77.